The summed E-state index contributed by atoms with van der Waals surface area (Å²) < 4.78 is 6.66. The van der Waals surface area contributed by atoms with Gasteiger partial charge in [-0.15, -0.1) is 0 Å². The third kappa shape index (κ3) is 2.97. The predicted octanol–water partition coefficient (Wildman–Crippen LogP) is 4.19. The SMILES string of the molecule is O=c1c2ccccc2nc(-c2ccco2)n1/N=C/c1ccc(Cl)cc1. The molecular weight excluding hydrogens is 338 g/mol. The molecule has 0 spiro atoms. The van der Waals surface area contributed by atoms with Gasteiger partial charge in [-0.2, -0.15) is 9.78 Å². The van der Waals surface area contributed by atoms with Crippen molar-refractivity contribution in [2.24, 2.45) is 5.10 Å². The molecule has 0 bridgehead atoms. The number of hydrogen-bond donors (Lipinski definition) is 0. The third-order valence-corrected chi connectivity index (χ3v) is 3.94. The second-order valence-electron chi connectivity index (χ2n) is 5.34. The van der Waals surface area contributed by atoms with Gasteiger partial charge in [0.05, 0.1) is 23.4 Å². The smallest absolute Gasteiger partial charge is 0.282 e. The average Bonchev–Trinajstić information content (AvgIpc) is 3.17. The molecule has 0 fully saturated rings. The molecule has 2 aromatic carbocycles. The summed E-state index contributed by atoms with van der Waals surface area (Å²) >= 11 is 5.89. The van der Waals surface area contributed by atoms with Crippen molar-refractivity contribution in [1.82, 2.24) is 9.66 Å². The van der Waals surface area contributed by atoms with E-state index in [1.165, 1.54) is 10.9 Å². The maximum Gasteiger partial charge on any atom is 0.282 e. The quantitative estimate of drug-likeness (QED) is 0.521. The van der Waals surface area contributed by atoms with Crippen molar-refractivity contribution in [3.05, 3.63) is 87.9 Å². The Labute approximate surface area is 147 Å². The number of para-hydroxylation sites is 1. The number of nitrogens with zero attached hydrogens (tertiary/aromatic N) is 3. The van der Waals surface area contributed by atoms with Crippen molar-refractivity contribution in [2.75, 3.05) is 0 Å². The zero-order valence-corrected chi connectivity index (χ0v) is 13.7. The second-order valence-corrected chi connectivity index (χ2v) is 5.78. The topological polar surface area (TPSA) is 60.4 Å². The Hall–Kier alpha value is -3.18. The molecule has 0 atom stereocenters. The van der Waals surface area contributed by atoms with Gasteiger partial charge >= 0.3 is 0 Å². The van der Waals surface area contributed by atoms with Crippen LogP contribution in [-0.2, 0) is 0 Å². The molecule has 0 aliphatic rings. The fraction of sp³-hybridized carbons (Fsp3) is 0. The Morgan fingerprint density at radius 2 is 1.84 bits per heavy atom. The van der Waals surface area contributed by atoms with Crippen LogP contribution in [-0.4, -0.2) is 15.9 Å². The summed E-state index contributed by atoms with van der Waals surface area (Å²) in [4.78, 5) is 17.4. The molecule has 2 heterocycles. The molecule has 6 heteroatoms. The van der Waals surface area contributed by atoms with E-state index in [-0.39, 0.29) is 5.56 Å². The Balaban J connectivity index is 1.91. The highest BCUT2D eigenvalue weighted by molar-refractivity contribution is 6.30. The highest BCUT2D eigenvalue weighted by atomic mass is 35.5. The van der Waals surface area contributed by atoms with E-state index < -0.39 is 0 Å². The van der Waals surface area contributed by atoms with E-state index in [9.17, 15) is 4.79 Å². The van der Waals surface area contributed by atoms with Gasteiger partial charge in [0, 0.05) is 5.02 Å². The Morgan fingerprint density at radius 3 is 2.60 bits per heavy atom. The Morgan fingerprint density at radius 1 is 1.04 bits per heavy atom. The highest BCUT2D eigenvalue weighted by Crippen LogP contribution is 2.19. The molecule has 0 amide bonds. The summed E-state index contributed by atoms with van der Waals surface area (Å²) in [6, 6.07) is 17.8. The number of hydrogen-bond acceptors (Lipinski definition) is 4. The van der Waals surface area contributed by atoms with Crippen molar-refractivity contribution >= 4 is 28.7 Å². The van der Waals surface area contributed by atoms with E-state index in [0.29, 0.717) is 27.5 Å². The molecule has 25 heavy (non-hydrogen) atoms. The van der Waals surface area contributed by atoms with Crippen molar-refractivity contribution in [3.63, 3.8) is 0 Å². The van der Waals surface area contributed by atoms with Crippen molar-refractivity contribution in [1.29, 1.82) is 0 Å². The number of fused-ring (bicyclic) bond motifs is 1. The van der Waals surface area contributed by atoms with Crippen LogP contribution in [0.2, 0.25) is 5.02 Å². The van der Waals surface area contributed by atoms with E-state index in [0.717, 1.165) is 5.56 Å². The molecule has 122 valence electrons. The van der Waals surface area contributed by atoms with Crippen LogP contribution in [0, 0.1) is 0 Å². The number of aromatic nitrogens is 2. The van der Waals surface area contributed by atoms with Crippen molar-refractivity contribution in [2.45, 2.75) is 0 Å². The van der Waals surface area contributed by atoms with Crippen LogP contribution in [0.25, 0.3) is 22.5 Å². The molecule has 5 nitrogen and oxygen atoms in total. The van der Waals surface area contributed by atoms with Gasteiger partial charge in [0.15, 0.2) is 5.76 Å². The summed E-state index contributed by atoms with van der Waals surface area (Å²) in [5.74, 6) is 0.815. The molecule has 0 aliphatic heterocycles. The van der Waals surface area contributed by atoms with Gasteiger partial charge in [0.25, 0.3) is 5.56 Å². The predicted molar refractivity (Wildman–Crippen MR) is 98.1 cm³/mol. The number of halogens is 1. The summed E-state index contributed by atoms with van der Waals surface area (Å²) in [6.07, 6.45) is 3.12. The summed E-state index contributed by atoms with van der Waals surface area (Å²) in [6.45, 7) is 0. The van der Waals surface area contributed by atoms with Crippen LogP contribution in [0.4, 0.5) is 0 Å². The maximum absolute atomic E-state index is 12.9. The lowest BCUT2D eigenvalue weighted by Gasteiger charge is -2.07. The normalized spacial score (nSPS) is 11.4. The molecule has 0 N–H and O–H groups in total. The van der Waals surface area contributed by atoms with Gasteiger partial charge in [0.2, 0.25) is 5.82 Å². The fourth-order valence-electron chi connectivity index (χ4n) is 2.47. The van der Waals surface area contributed by atoms with Gasteiger partial charge in [-0.1, -0.05) is 35.9 Å². The van der Waals surface area contributed by atoms with Crippen LogP contribution in [0.1, 0.15) is 5.56 Å². The zero-order valence-electron chi connectivity index (χ0n) is 13.0. The van der Waals surface area contributed by atoms with Crippen molar-refractivity contribution in [3.8, 4) is 11.6 Å². The first kappa shape index (κ1) is 15.4. The Bertz CT molecular complexity index is 1110. The van der Waals surface area contributed by atoms with Crippen molar-refractivity contribution < 1.29 is 4.42 Å². The lowest BCUT2D eigenvalue weighted by molar-refractivity contribution is 0.571. The maximum atomic E-state index is 12.9. The molecule has 0 saturated carbocycles. The first-order valence-corrected chi connectivity index (χ1v) is 7.96. The first-order valence-electron chi connectivity index (χ1n) is 7.58. The van der Waals surface area contributed by atoms with Gasteiger partial charge < -0.3 is 4.42 Å². The summed E-state index contributed by atoms with van der Waals surface area (Å²) in [5, 5.41) is 5.45. The minimum Gasteiger partial charge on any atom is -0.461 e. The number of benzene rings is 2. The van der Waals surface area contributed by atoms with E-state index >= 15 is 0 Å². The number of rotatable bonds is 3. The number of furan rings is 1. The van der Waals surface area contributed by atoms with Crippen LogP contribution in [0.15, 0.2) is 81.2 Å². The van der Waals surface area contributed by atoms with E-state index in [1.807, 2.05) is 18.2 Å². The summed E-state index contributed by atoms with van der Waals surface area (Å²) in [5.41, 5.74) is 1.15. The van der Waals surface area contributed by atoms with E-state index in [2.05, 4.69) is 10.1 Å². The highest BCUT2D eigenvalue weighted by Gasteiger charge is 2.14. The molecule has 0 unspecified atom stereocenters. The van der Waals surface area contributed by atoms with Gasteiger partial charge in [-0.3, -0.25) is 4.79 Å². The second kappa shape index (κ2) is 6.37. The monoisotopic (exact) mass is 349 g/mol. The van der Waals surface area contributed by atoms with Gasteiger partial charge in [0.1, 0.15) is 0 Å². The molecular formula is C19H12ClN3O2. The lowest BCUT2D eigenvalue weighted by Crippen LogP contribution is -2.20. The first-order chi connectivity index (χ1) is 12.2. The van der Waals surface area contributed by atoms with Crippen LogP contribution < -0.4 is 5.56 Å². The molecule has 4 rings (SSSR count). The largest absolute Gasteiger partial charge is 0.461 e. The minimum atomic E-state index is -0.262. The van der Waals surface area contributed by atoms with Crippen LogP contribution >= 0.6 is 11.6 Å². The third-order valence-electron chi connectivity index (χ3n) is 3.69. The van der Waals surface area contributed by atoms with E-state index in [1.54, 1.807) is 48.7 Å². The van der Waals surface area contributed by atoms with Crippen LogP contribution in [0.5, 0.6) is 0 Å². The molecule has 0 aliphatic carbocycles. The van der Waals surface area contributed by atoms with Gasteiger partial charge in [-0.25, -0.2) is 4.98 Å². The summed E-state index contributed by atoms with van der Waals surface area (Å²) in [7, 11) is 0. The zero-order chi connectivity index (χ0) is 17.2. The lowest BCUT2D eigenvalue weighted by atomic mass is 10.2. The fourth-order valence-corrected chi connectivity index (χ4v) is 2.60. The van der Waals surface area contributed by atoms with Crippen LogP contribution in [0.3, 0.4) is 0 Å². The van der Waals surface area contributed by atoms with E-state index in [4.69, 9.17) is 16.0 Å². The van der Waals surface area contributed by atoms with Gasteiger partial charge in [-0.05, 0) is 42.0 Å². The molecule has 4 aromatic rings. The standard InChI is InChI=1S/C19H12ClN3O2/c20-14-9-7-13(8-10-14)12-21-23-18(17-6-3-11-25-17)22-16-5-2-1-4-15(16)19(23)24/h1-12H/b21-12+. The molecule has 2 aromatic heterocycles. The Kier molecular flexibility index (Phi) is 3.91. The average molecular weight is 350 g/mol. The molecule has 0 radical (unpaired) electrons. The minimum absolute atomic E-state index is 0.262. The molecule has 0 saturated heterocycles.